The molecule has 170 valence electrons. The molecule has 2 heterocycles. The smallest absolute Gasteiger partial charge is 0.191 e. The van der Waals surface area contributed by atoms with E-state index in [9.17, 15) is 15.3 Å². The Bertz CT molecular complexity index is 1120. The van der Waals surface area contributed by atoms with E-state index in [-0.39, 0.29) is 12.5 Å². The molecule has 2 aliphatic rings. The average Bonchev–Trinajstić information content (AvgIpc) is 3.35. The fourth-order valence-corrected chi connectivity index (χ4v) is 5.11. The molecule has 32 heavy (non-hydrogen) atoms. The molecule has 3 aromatic rings. The van der Waals surface area contributed by atoms with Gasteiger partial charge in [-0.15, -0.1) is 5.10 Å². The number of aliphatic hydroxyl groups is 3. The first-order valence-electron chi connectivity index (χ1n) is 11.1. The van der Waals surface area contributed by atoms with Gasteiger partial charge in [0.2, 0.25) is 0 Å². The number of aliphatic hydroxyl groups excluding tert-OH is 3. The lowest BCUT2D eigenvalue weighted by Crippen LogP contribution is -2.31. The quantitative estimate of drug-likeness (QED) is 0.312. The molecule has 10 heteroatoms. The van der Waals surface area contributed by atoms with E-state index in [1.807, 2.05) is 0 Å². The number of nitrogens with one attached hydrogen (secondary N) is 1. The molecule has 0 amide bonds. The molecule has 0 saturated heterocycles. The van der Waals surface area contributed by atoms with Crippen molar-refractivity contribution in [2.24, 2.45) is 0 Å². The SMILES string of the molecule is CCCSc1nc(NC2CC2c2cccc(C)c2)c2nnn([C@@H]3C[C@H](O)[C@@H](O)[C@H]3O)c2n1. The number of thioether (sulfide) groups is 1. The Labute approximate surface area is 190 Å². The van der Waals surface area contributed by atoms with Gasteiger partial charge in [0.1, 0.15) is 12.2 Å². The van der Waals surface area contributed by atoms with Gasteiger partial charge in [0.05, 0.1) is 12.1 Å². The highest BCUT2D eigenvalue weighted by Crippen LogP contribution is 2.43. The van der Waals surface area contributed by atoms with Crippen molar-refractivity contribution < 1.29 is 15.3 Å². The lowest BCUT2D eigenvalue weighted by atomic mass is 10.1. The highest BCUT2D eigenvalue weighted by molar-refractivity contribution is 7.99. The van der Waals surface area contributed by atoms with Crippen LogP contribution in [0.2, 0.25) is 0 Å². The van der Waals surface area contributed by atoms with E-state index < -0.39 is 24.4 Å². The molecule has 2 aliphatic carbocycles. The number of hydrogen-bond acceptors (Lipinski definition) is 9. The van der Waals surface area contributed by atoms with Crippen LogP contribution in [0.3, 0.4) is 0 Å². The first-order valence-corrected chi connectivity index (χ1v) is 12.1. The molecule has 6 atom stereocenters. The molecular formula is C22H28N6O3S. The molecule has 1 aromatic carbocycles. The molecule has 2 aromatic heterocycles. The summed E-state index contributed by atoms with van der Waals surface area (Å²) in [4.78, 5) is 9.37. The minimum Gasteiger partial charge on any atom is -0.390 e. The van der Waals surface area contributed by atoms with Crippen molar-refractivity contribution in [1.82, 2.24) is 25.0 Å². The second-order valence-corrected chi connectivity index (χ2v) is 9.83. The predicted molar refractivity (Wildman–Crippen MR) is 122 cm³/mol. The Hall–Kier alpha value is -2.27. The molecule has 0 radical (unpaired) electrons. The fourth-order valence-electron chi connectivity index (χ4n) is 4.42. The van der Waals surface area contributed by atoms with E-state index in [0.717, 1.165) is 18.6 Å². The van der Waals surface area contributed by atoms with E-state index in [0.29, 0.717) is 28.1 Å². The first kappa shape index (κ1) is 21.6. The Morgan fingerprint density at radius 2 is 2.00 bits per heavy atom. The lowest BCUT2D eigenvalue weighted by Gasteiger charge is -2.16. The van der Waals surface area contributed by atoms with Crippen LogP contribution in [0.4, 0.5) is 5.82 Å². The van der Waals surface area contributed by atoms with Crippen molar-refractivity contribution in [3.8, 4) is 0 Å². The predicted octanol–water partition coefficient (Wildman–Crippen LogP) is 2.03. The monoisotopic (exact) mass is 456 g/mol. The van der Waals surface area contributed by atoms with Gasteiger partial charge < -0.3 is 20.6 Å². The van der Waals surface area contributed by atoms with Crippen LogP contribution in [-0.4, -0.2) is 70.4 Å². The van der Waals surface area contributed by atoms with Crippen LogP contribution in [-0.2, 0) is 0 Å². The summed E-state index contributed by atoms with van der Waals surface area (Å²) >= 11 is 1.56. The van der Waals surface area contributed by atoms with Gasteiger partial charge in [-0.3, -0.25) is 0 Å². The first-order chi connectivity index (χ1) is 15.5. The summed E-state index contributed by atoms with van der Waals surface area (Å²) in [7, 11) is 0. The summed E-state index contributed by atoms with van der Waals surface area (Å²) in [5.41, 5.74) is 3.59. The topological polar surface area (TPSA) is 129 Å². The number of anilines is 1. The van der Waals surface area contributed by atoms with Crippen molar-refractivity contribution in [2.45, 2.75) is 74.6 Å². The zero-order valence-electron chi connectivity index (χ0n) is 18.1. The van der Waals surface area contributed by atoms with Crippen molar-refractivity contribution in [1.29, 1.82) is 0 Å². The van der Waals surface area contributed by atoms with Crippen molar-refractivity contribution in [3.63, 3.8) is 0 Å². The summed E-state index contributed by atoms with van der Waals surface area (Å²) in [6, 6.07) is 8.22. The van der Waals surface area contributed by atoms with E-state index in [1.165, 1.54) is 15.8 Å². The summed E-state index contributed by atoms with van der Waals surface area (Å²) < 4.78 is 1.52. The highest BCUT2D eigenvalue weighted by atomic mass is 32.2. The molecule has 0 spiro atoms. The number of hydrogen-bond donors (Lipinski definition) is 4. The molecule has 2 unspecified atom stereocenters. The lowest BCUT2D eigenvalue weighted by molar-refractivity contribution is -0.0253. The zero-order chi connectivity index (χ0) is 22.4. The zero-order valence-corrected chi connectivity index (χ0v) is 18.9. The third-order valence-corrected chi connectivity index (χ3v) is 7.31. The number of benzene rings is 1. The van der Waals surface area contributed by atoms with Gasteiger partial charge in [-0.05, 0) is 25.3 Å². The largest absolute Gasteiger partial charge is 0.390 e. The summed E-state index contributed by atoms with van der Waals surface area (Å²) in [5, 5.41) is 43.1. The minimum atomic E-state index is -1.21. The molecule has 4 N–H and O–H groups in total. The van der Waals surface area contributed by atoms with Gasteiger partial charge in [0.15, 0.2) is 22.1 Å². The van der Waals surface area contributed by atoms with Gasteiger partial charge in [0.25, 0.3) is 0 Å². The van der Waals surface area contributed by atoms with Crippen LogP contribution < -0.4 is 5.32 Å². The van der Waals surface area contributed by atoms with E-state index in [1.54, 1.807) is 11.8 Å². The highest BCUT2D eigenvalue weighted by Gasteiger charge is 2.43. The molecule has 2 fully saturated rings. The number of aromatic nitrogens is 5. The maximum Gasteiger partial charge on any atom is 0.191 e. The molecular weight excluding hydrogens is 428 g/mol. The van der Waals surface area contributed by atoms with Crippen molar-refractivity contribution in [3.05, 3.63) is 35.4 Å². The summed E-state index contributed by atoms with van der Waals surface area (Å²) in [5.74, 6) is 1.93. The Morgan fingerprint density at radius 3 is 2.72 bits per heavy atom. The molecule has 0 aliphatic heterocycles. The second kappa shape index (κ2) is 8.58. The average molecular weight is 457 g/mol. The molecule has 2 saturated carbocycles. The van der Waals surface area contributed by atoms with Crippen LogP contribution in [0, 0.1) is 6.92 Å². The maximum absolute atomic E-state index is 10.4. The number of aryl methyl sites for hydroxylation is 1. The second-order valence-electron chi connectivity index (χ2n) is 8.77. The third kappa shape index (κ3) is 3.96. The van der Waals surface area contributed by atoms with Gasteiger partial charge in [-0.25, -0.2) is 14.6 Å². The van der Waals surface area contributed by atoms with Crippen LogP contribution in [0.15, 0.2) is 29.4 Å². The summed E-state index contributed by atoms with van der Waals surface area (Å²) in [6.45, 7) is 4.20. The van der Waals surface area contributed by atoms with Crippen LogP contribution >= 0.6 is 11.8 Å². The molecule has 0 bridgehead atoms. The van der Waals surface area contributed by atoms with Crippen LogP contribution in [0.5, 0.6) is 0 Å². The number of nitrogens with zero attached hydrogens (tertiary/aromatic N) is 5. The van der Waals surface area contributed by atoms with E-state index in [2.05, 4.69) is 58.7 Å². The van der Waals surface area contributed by atoms with Crippen molar-refractivity contribution >= 4 is 28.7 Å². The Kier molecular flexibility index (Phi) is 5.79. The molecule has 5 rings (SSSR count). The fraction of sp³-hybridized carbons (Fsp3) is 0.545. The van der Waals surface area contributed by atoms with E-state index >= 15 is 0 Å². The third-order valence-electron chi connectivity index (χ3n) is 6.26. The Morgan fingerprint density at radius 1 is 1.16 bits per heavy atom. The van der Waals surface area contributed by atoms with Gasteiger partial charge >= 0.3 is 0 Å². The normalized spacial score (nSPS) is 29.5. The summed E-state index contributed by atoms with van der Waals surface area (Å²) in [6.07, 6.45) is -1.17. The minimum absolute atomic E-state index is 0.184. The van der Waals surface area contributed by atoms with Crippen LogP contribution in [0.25, 0.3) is 11.2 Å². The number of rotatable bonds is 7. The van der Waals surface area contributed by atoms with Gasteiger partial charge in [-0.2, -0.15) is 0 Å². The van der Waals surface area contributed by atoms with Crippen LogP contribution in [0.1, 0.15) is 49.3 Å². The van der Waals surface area contributed by atoms with Crippen molar-refractivity contribution in [2.75, 3.05) is 11.1 Å². The molecule has 9 nitrogen and oxygen atoms in total. The maximum atomic E-state index is 10.4. The van der Waals surface area contributed by atoms with Gasteiger partial charge in [0, 0.05) is 24.1 Å². The number of fused-ring (bicyclic) bond motifs is 1. The standard InChI is InChI=1S/C22H28N6O3S/c1-3-7-32-22-24-20(23-14-9-13(14)12-6-4-5-11(2)8-12)17-21(25-22)28(27-26-17)15-10-16(29)19(31)18(15)30/h4-6,8,13-16,18-19,29-31H,3,7,9-10H2,1-2H3,(H,23,24,25)/t13?,14?,15-,16+,18+,19-/m1/s1. The van der Waals surface area contributed by atoms with Gasteiger partial charge in [-0.1, -0.05) is 53.7 Å². The van der Waals surface area contributed by atoms with E-state index in [4.69, 9.17) is 4.98 Å². The Balaban J connectivity index is 1.46.